The molecule has 4 rings (SSSR count). The van der Waals surface area contributed by atoms with Crippen molar-refractivity contribution in [1.29, 1.82) is 0 Å². The van der Waals surface area contributed by atoms with Crippen molar-refractivity contribution in [2.75, 3.05) is 24.5 Å². The second-order valence-electron chi connectivity index (χ2n) is 8.60. The average molecular weight is 467 g/mol. The van der Waals surface area contributed by atoms with Crippen LogP contribution in [-0.2, 0) is 23.8 Å². The van der Waals surface area contributed by atoms with Crippen molar-refractivity contribution in [2.45, 2.75) is 45.5 Å². The lowest BCUT2D eigenvalue weighted by molar-refractivity contribution is -0.148. The molecule has 4 nitrogen and oxygen atoms in total. The van der Waals surface area contributed by atoms with Gasteiger partial charge in [-0.05, 0) is 73.6 Å². The minimum absolute atomic E-state index is 0.333. The molecule has 1 N–H and O–H groups in total. The first-order chi connectivity index (χ1) is 15.1. The van der Waals surface area contributed by atoms with E-state index in [0.29, 0.717) is 25.3 Å². The summed E-state index contributed by atoms with van der Waals surface area (Å²) in [5.41, 5.74) is 4.23. The fourth-order valence-electron chi connectivity index (χ4n) is 4.98. The molecule has 172 valence electrons. The Bertz CT molecular complexity index is 1030. The van der Waals surface area contributed by atoms with Gasteiger partial charge < -0.3 is 10.0 Å². The summed E-state index contributed by atoms with van der Waals surface area (Å²) in [6.45, 7) is 5.10. The molecule has 2 aromatic rings. The highest BCUT2D eigenvalue weighted by molar-refractivity contribution is 6.31. The van der Waals surface area contributed by atoms with Gasteiger partial charge in [0.15, 0.2) is 0 Å². The zero-order chi connectivity index (χ0) is 23.2. The van der Waals surface area contributed by atoms with Crippen molar-refractivity contribution in [2.24, 2.45) is 5.92 Å². The number of rotatable bonds is 6. The van der Waals surface area contributed by atoms with Gasteiger partial charge in [-0.2, -0.15) is 13.2 Å². The molecule has 1 unspecified atom stereocenters. The third kappa shape index (κ3) is 4.08. The number of hydrogen-bond donors (Lipinski definition) is 1. The van der Waals surface area contributed by atoms with Gasteiger partial charge in [-0.15, -0.1) is 0 Å². The summed E-state index contributed by atoms with van der Waals surface area (Å²) in [4.78, 5) is 15.5. The lowest BCUT2D eigenvalue weighted by Gasteiger charge is -2.48. The predicted octanol–water partition coefficient (Wildman–Crippen LogP) is 5.70. The standard InChI is InChI=1S/C24H26ClF3N2O2/c1-3-30(17-9-10-20(25)19(11-17)24(26,27)28)22(29-12-16(13-29)23(31)32)21-14(2)7-8-15-5-4-6-18(15)21/h7-11,16,22H,3-6,12-13H2,1-2H3,(H,31,32). The smallest absolute Gasteiger partial charge is 0.417 e. The van der Waals surface area contributed by atoms with E-state index in [-0.39, 0.29) is 11.2 Å². The lowest BCUT2D eigenvalue weighted by atomic mass is 9.90. The molecule has 2 aromatic carbocycles. The van der Waals surface area contributed by atoms with Gasteiger partial charge in [-0.25, -0.2) is 0 Å². The number of alkyl halides is 3. The van der Waals surface area contributed by atoms with E-state index in [1.807, 2.05) is 18.7 Å². The van der Waals surface area contributed by atoms with Gasteiger partial charge in [0.1, 0.15) is 6.17 Å². The van der Waals surface area contributed by atoms with Crippen LogP contribution in [0.3, 0.4) is 0 Å². The summed E-state index contributed by atoms with van der Waals surface area (Å²) in [5.74, 6) is -1.31. The number of fused-ring (bicyclic) bond motifs is 1. The number of nitrogens with zero attached hydrogens (tertiary/aromatic N) is 2. The molecular formula is C24H26ClF3N2O2. The molecule has 8 heteroatoms. The number of hydrogen-bond acceptors (Lipinski definition) is 3. The van der Waals surface area contributed by atoms with Crippen molar-refractivity contribution in [3.8, 4) is 0 Å². The highest BCUT2D eigenvalue weighted by Crippen LogP contribution is 2.43. The molecule has 1 saturated heterocycles. The Morgan fingerprint density at radius 3 is 2.59 bits per heavy atom. The topological polar surface area (TPSA) is 43.8 Å². The normalized spacial score (nSPS) is 17.7. The number of halogens is 4. The quantitative estimate of drug-likeness (QED) is 0.593. The predicted molar refractivity (Wildman–Crippen MR) is 118 cm³/mol. The Hall–Kier alpha value is -2.25. The molecule has 0 spiro atoms. The molecular weight excluding hydrogens is 441 g/mol. The summed E-state index contributed by atoms with van der Waals surface area (Å²) in [6, 6.07) is 8.21. The van der Waals surface area contributed by atoms with Crippen LogP contribution in [0, 0.1) is 12.8 Å². The van der Waals surface area contributed by atoms with E-state index in [9.17, 15) is 23.1 Å². The van der Waals surface area contributed by atoms with E-state index in [1.165, 1.54) is 17.2 Å². The molecule has 1 aliphatic heterocycles. The van der Waals surface area contributed by atoms with Crippen LogP contribution in [0.1, 0.15) is 47.3 Å². The number of likely N-dealkylation sites (tertiary alicyclic amines) is 1. The number of carboxylic acid groups (broad SMARTS) is 1. The summed E-state index contributed by atoms with van der Waals surface area (Å²) >= 11 is 5.87. The van der Waals surface area contributed by atoms with Gasteiger partial charge in [0.25, 0.3) is 0 Å². The molecule has 0 radical (unpaired) electrons. The second kappa shape index (κ2) is 8.60. The van der Waals surface area contributed by atoms with Crippen LogP contribution < -0.4 is 4.90 Å². The molecule has 1 fully saturated rings. The van der Waals surface area contributed by atoms with Crippen LogP contribution in [-0.4, -0.2) is 35.6 Å². The molecule has 0 bridgehead atoms. The highest BCUT2D eigenvalue weighted by atomic mass is 35.5. The van der Waals surface area contributed by atoms with Crippen molar-refractivity contribution < 1.29 is 23.1 Å². The van der Waals surface area contributed by atoms with E-state index in [0.717, 1.165) is 36.5 Å². The zero-order valence-corrected chi connectivity index (χ0v) is 18.8. The van der Waals surface area contributed by atoms with E-state index in [2.05, 4.69) is 17.0 Å². The van der Waals surface area contributed by atoms with E-state index < -0.39 is 23.6 Å². The van der Waals surface area contributed by atoms with Crippen LogP contribution in [0.15, 0.2) is 30.3 Å². The molecule has 0 amide bonds. The third-order valence-corrected chi connectivity index (χ3v) is 6.96. The Labute approximate surface area is 190 Å². The van der Waals surface area contributed by atoms with E-state index >= 15 is 0 Å². The van der Waals surface area contributed by atoms with Crippen LogP contribution in [0.4, 0.5) is 18.9 Å². The monoisotopic (exact) mass is 466 g/mol. The number of anilines is 1. The number of carboxylic acids is 1. The molecule has 1 heterocycles. The summed E-state index contributed by atoms with van der Waals surface area (Å²) in [5, 5.41) is 9.07. The third-order valence-electron chi connectivity index (χ3n) is 6.63. The maximum Gasteiger partial charge on any atom is 0.417 e. The van der Waals surface area contributed by atoms with Crippen molar-refractivity contribution in [3.05, 3.63) is 63.2 Å². The fraction of sp³-hybridized carbons (Fsp3) is 0.458. The zero-order valence-electron chi connectivity index (χ0n) is 18.0. The van der Waals surface area contributed by atoms with Gasteiger partial charge in [0.2, 0.25) is 0 Å². The maximum absolute atomic E-state index is 13.6. The average Bonchev–Trinajstić information content (AvgIpc) is 3.15. The molecule has 0 aromatic heterocycles. The minimum Gasteiger partial charge on any atom is -0.481 e. The minimum atomic E-state index is -4.56. The summed E-state index contributed by atoms with van der Waals surface area (Å²) in [6.07, 6.45) is -1.95. The molecule has 1 atom stereocenters. The van der Waals surface area contributed by atoms with Gasteiger partial charge in [0.05, 0.1) is 16.5 Å². The van der Waals surface area contributed by atoms with Crippen molar-refractivity contribution >= 4 is 23.3 Å². The Kier molecular flexibility index (Phi) is 6.16. The number of carbonyl (C=O) groups is 1. The Balaban J connectivity index is 1.82. The lowest BCUT2D eigenvalue weighted by Crippen LogP contribution is -2.56. The fourth-order valence-corrected chi connectivity index (χ4v) is 5.21. The van der Waals surface area contributed by atoms with Gasteiger partial charge in [-0.1, -0.05) is 23.7 Å². The van der Waals surface area contributed by atoms with Crippen molar-refractivity contribution in [3.63, 3.8) is 0 Å². The largest absolute Gasteiger partial charge is 0.481 e. The van der Waals surface area contributed by atoms with E-state index in [4.69, 9.17) is 11.6 Å². The van der Waals surface area contributed by atoms with Crippen LogP contribution in [0.2, 0.25) is 5.02 Å². The van der Waals surface area contributed by atoms with Gasteiger partial charge in [0, 0.05) is 25.3 Å². The summed E-state index contributed by atoms with van der Waals surface area (Å²) < 4.78 is 40.7. The van der Waals surface area contributed by atoms with Gasteiger partial charge >= 0.3 is 12.1 Å². The van der Waals surface area contributed by atoms with Gasteiger partial charge in [-0.3, -0.25) is 9.69 Å². The van der Waals surface area contributed by atoms with Crippen molar-refractivity contribution in [1.82, 2.24) is 4.90 Å². The first kappa shape index (κ1) is 22.9. The van der Waals surface area contributed by atoms with E-state index in [1.54, 1.807) is 6.07 Å². The Morgan fingerprint density at radius 2 is 1.97 bits per heavy atom. The molecule has 2 aliphatic rings. The molecule has 0 saturated carbocycles. The maximum atomic E-state index is 13.6. The molecule has 32 heavy (non-hydrogen) atoms. The SMILES string of the molecule is CCN(c1ccc(Cl)c(C(F)(F)F)c1)C(c1c(C)ccc2c1CCC2)N1CC(C(=O)O)C1. The highest BCUT2D eigenvalue weighted by Gasteiger charge is 2.42. The van der Waals surface area contributed by atoms with Crippen LogP contribution in [0.5, 0.6) is 0 Å². The number of aryl methyl sites for hydroxylation is 2. The Morgan fingerprint density at radius 1 is 1.25 bits per heavy atom. The van der Waals surface area contributed by atoms with Crippen LogP contribution in [0.25, 0.3) is 0 Å². The number of benzene rings is 2. The van der Waals surface area contributed by atoms with Crippen LogP contribution >= 0.6 is 11.6 Å². The molecule has 1 aliphatic carbocycles. The second-order valence-corrected chi connectivity index (χ2v) is 9.01. The first-order valence-corrected chi connectivity index (χ1v) is 11.2. The number of aliphatic carboxylic acids is 1. The summed E-state index contributed by atoms with van der Waals surface area (Å²) in [7, 11) is 0. The first-order valence-electron chi connectivity index (χ1n) is 10.8.